The first kappa shape index (κ1) is 21.0. The van der Waals surface area contributed by atoms with Crippen molar-refractivity contribution >= 4 is 11.8 Å². The molecular weight excluding hydrogens is 300 g/mol. The molecule has 0 heterocycles. The van der Waals surface area contributed by atoms with Gasteiger partial charge in [0.25, 0.3) is 0 Å². The van der Waals surface area contributed by atoms with Crippen molar-refractivity contribution in [3.05, 3.63) is 0 Å². The number of nitrogens with one attached hydrogen (secondary N) is 1. The van der Waals surface area contributed by atoms with Crippen LogP contribution in [0.2, 0.25) is 0 Å². The van der Waals surface area contributed by atoms with Crippen LogP contribution in [0.15, 0.2) is 0 Å². The van der Waals surface area contributed by atoms with Crippen LogP contribution in [0, 0.1) is 5.92 Å². The molecule has 0 aromatic rings. The lowest BCUT2D eigenvalue weighted by atomic mass is 9.96. The minimum atomic E-state index is 0.133. The van der Waals surface area contributed by atoms with E-state index in [1.165, 1.54) is 32.1 Å². The van der Waals surface area contributed by atoms with Crippen LogP contribution in [0.5, 0.6) is 0 Å². The average Bonchev–Trinajstić information content (AvgIpc) is 2.99. The number of hydrogen-bond donors (Lipinski definition) is 1. The fourth-order valence-corrected chi connectivity index (χ4v) is 3.78. The van der Waals surface area contributed by atoms with E-state index in [0.29, 0.717) is 31.2 Å². The van der Waals surface area contributed by atoms with E-state index in [9.17, 15) is 9.59 Å². The molecule has 140 valence electrons. The Bertz CT molecular complexity index is 365. The zero-order valence-corrected chi connectivity index (χ0v) is 16.1. The molecule has 0 aliphatic heterocycles. The number of rotatable bonds is 12. The van der Waals surface area contributed by atoms with Gasteiger partial charge in [-0.05, 0) is 44.4 Å². The van der Waals surface area contributed by atoms with Crippen LogP contribution in [-0.4, -0.2) is 35.8 Å². The summed E-state index contributed by atoms with van der Waals surface area (Å²) in [6.07, 6.45) is 11.0. The quantitative estimate of drug-likeness (QED) is 0.577. The molecule has 0 saturated heterocycles. The van der Waals surface area contributed by atoms with E-state index in [1.54, 1.807) is 0 Å². The Balaban J connectivity index is 2.26. The molecule has 24 heavy (non-hydrogen) atoms. The maximum absolute atomic E-state index is 12.2. The molecule has 4 nitrogen and oxygen atoms in total. The highest BCUT2D eigenvalue weighted by atomic mass is 16.2. The predicted molar refractivity (Wildman–Crippen MR) is 99.8 cm³/mol. The normalized spacial score (nSPS) is 20.1. The van der Waals surface area contributed by atoms with Gasteiger partial charge in [0.15, 0.2) is 0 Å². The van der Waals surface area contributed by atoms with Gasteiger partial charge in [-0.1, -0.05) is 40.0 Å². The Morgan fingerprint density at radius 3 is 2.29 bits per heavy atom. The molecule has 1 fully saturated rings. The third-order valence-corrected chi connectivity index (χ3v) is 5.07. The van der Waals surface area contributed by atoms with Crippen molar-refractivity contribution in [2.75, 3.05) is 13.1 Å². The molecule has 0 aromatic heterocycles. The Kier molecular flexibility index (Phi) is 10.8. The van der Waals surface area contributed by atoms with Gasteiger partial charge in [0.2, 0.25) is 11.8 Å². The van der Waals surface area contributed by atoms with Gasteiger partial charge in [-0.15, -0.1) is 0 Å². The lowest BCUT2D eigenvalue weighted by Crippen LogP contribution is -2.37. The summed E-state index contributed by atoms with van der Waals surface area (Å²) in [6.45, 7) is 8.08. The summed E-state index contributed by atoms with van der Waals surface area (Å²) < 4.78 is 0. The van der Waals surface area contributed by atoms with E-state index >= 15 is 0 Å². The van der Waals surface area contributed by atoms with Crippen LogP contribution in [0.1, 0.15) is 91.4 Å². The van der Waals surface area contributed by atoms with E-state index in [4.69, 9.17) is 0 Å². The number of carbonyl (C=O) groups excluding carboxylic acids is 2. The molecule has 2 amide bonds. The standard InChI is InChI=1S/C20H38N2O2/c1-4-7-10-17-11-8-12-18(17)21-19(23)13-9-14-20(24)22(15-5-2)16-6-3/h17-18H,4-16H2,1-3H3,(H,21,23). The SMILES string of the molecule is CCCCC1CCCC1NC(=O)CCCC(=O)N(CCC)CCC. The van der Waals surface area contributed by atoms with Gasteiger partial charge in [-0.3, -0.25) is 9.59 Å². The summed E-state index contributed by atoms with van der Waals surface area (Å²) >= 11 is 0. The highest BCUT2D eigenvalue weighted by molar-refractivity contribution is 5.79. The van der Waals surface area contributed by atoms with Gasteiger partial charge in [0, 0.05) is 32.0 Å². The van der Waals surface area contributed by atoms with Crippen LogP contribution >= 0.6 is 0 Å². The Morgan fingerprint density at radius 2 is 1.67 bits per heavy atom. The zero-order valence-electron chi connectivity index (χ0n) is 16.1. The summed E-state index contributed by atoms with van der Waals surface area (Å²) in [5, 5.41) is 3.23. The van der Waals surface area contributed by atoms with Crippen molar-refractivity contribution in [1.82, 2.24) is 10.2 Å². The van der Waals surface area contributed by atoms with Gasteiger partial charge in [0.1, 0.15) is 0 Å². The summed E-state index contributed by atoms with van der Waals surface area (Å²) in [7, 11) is 0. The fourth-order valence-electron chi connectivity index (χ4n) is 3.78. The first-order valence-electron chi connectivity index (χ1n) is 10.2. The third kappa shape index (κ3) is 7.67. The molecular formula is C20H38N2O2. The lowest BCUT2D eigenvalue weighted by Gasteiger charge is -2.22. The summed E-state index contributed by atoms with van der Waals surface area (Å²) in [6, 6.07) is 0.372. The fraction of sp³-hybridized carbons (Fsp3) is 0.900. The number of amides is 2. The first-order valence-corrected chi connectivity index (χ1v) is 10.2. The molecule has 1 aliphatic rings. The Labute approximate surface area is 148 Å². The highest BCUT2D eigenvalue weighted by Gasteiger charge is 2.27. The van der Waals surface area contributed by atoms with Gasteiger partial charge >= 0.3 is 0 Å². The molecule has 0 radical (unpaired) electrons. The number of unbranched alkanes of at least 4 members (excludes halogenated alkanes) is 1. The average molecular weight is 339 g/mol. The number of nitrogens with zero attached hydrogens (tertiary/aromatic N) is 1. The minimum absolute atomic E-state index is 0.133. The summed E-state index contributed by atoms with van der Waals surface area (Å²) in [4.78, 5) is 26.3. The molecule has 1 rings (SSSR count). The maximum atomic E-state index is 12.2. The van der Waals surface area contributed by atoms with Gasteiger partial charge in [-0.25, -0.2) is 0 Å². The van der Waals surface area contributed by atoms with Crippen LogP contribution in [0.3, 0.4) is 0 Å². The van der Waals surface area contributed by atoms with Crippen molar-refractivity contribution in [1.29, 1.82) is 0 Å². The summed E-state index contributed by atoms with van der Waals surface area (Å²) in [5.74, 6) is 1.00. The van der Waals surface area contributed by atoms with E-state index < -0.39 is 0 Å². The minimum Gasteiger partial charge on any atom is -0.353 e. The molecule has 2 unspecified atom stereocenters. The predicted octanol–water partition coefficient (Wildman–Crippen LogP) is 4.28. The molecule has 2 atom stereocenters. The molecule has 1 saturated carbocycles. The third-order valence-electron chi connectivity index (χ3n) is 5.07. The zero-order chi connectivity index (χ0) is 17.8. The first-order chi connectivity index (χ1) is 11.6. The Hall–Kier alpha value is -1.06. The van der Waals surface area contributed by atoms with Crippen LogP contribution in [0.4, 0.5) is 0 Å². The molecule has 1 N–H and O–H groups in total. The van der Waals surface area contributed by atoms with E-state index in [1.807, 2.05) is 4.90 Å². The monoisotopic (exact) mass is 338 g/mol. The van der Waals surface area contributed by atoms with Crippen LogP contribution in [0.25, 0.3) is 0 Å². The largest absolute Gasteiger partial charge is 0.353 e. The maximum Gasteiger partial charge on any atom is 0.222 e. The molecule has 0 bridgehead atoms. The second-order valence-corrected chi connectivity index (χ2v) is 7.24. The van der Waals surface area contributed by atoms with Gasteiger partial charge in [-0.2, -0.15) is 0 Å². The second-order valence-electron chi connectivity index (χ2n) is 7.24. The van der Waals surface area contributed by atoms with E-state index in [2.05, 4.69) is 26.1 Å². The van der Waals surface area contributed by atoms with Crippen molar-refractivity contribution in [2.24, 2.45) is 5.92 Å². The molecule has 0 spiro atoms. The lowest BCUT2D eigenvalue weighted by molar-refractivity contribution is -0.131. The van der Waals surface area contributed by atoms with Gasteiger partial charge < -0.3 is 10.2 Å². The topological polar surface area (TPSA) is 49.4 Å². The van der Waals surface area contributed by atoms with Crippen molar-refractivity contribution in [3.8, 4) is 0 Å². The van der Waals surface area contributed by atoms with Gasteiger partial charge in [0.05, 0.1) is 0 Å². The Morgan fingerprint density at radius 1 is 0.958 bits per heavy atom. The summed E-state index contributed by atoms with van der Waals surface area (Å²) in [5.41, 5.74) is 0. The van der Waals surface area contributed by atoms with Crippen LogP contribution < -0.4 is 5.32 Å². The number of hydrogen-bond acceptors (Lipinski definition) is 2. The smallest absolute Gasteiger partial charge is 0.222 e. The highest BCUT2D eigenvalue weighted by Crippen LogP contribution is 2.29. The van der Waals surface area contributed by atoms with E-state index in [-0.39, 0.29) is 11.8 Å². The van der Waals surface area contributed by atoms with Crippen molar-refractivity contribution in [3.63, 3.8) is 0 Å². The second kappa shape index (κ2) is 12.3. The number of carbonyl (C=O) groups is 2. The van der Waals surface area contributed by atoms with Crippen LogP contribution in [-0.2, 0) is 9.59 Å². The molecule has 4 heteroatoms. The molecule has 1 aliphatic carbocycles. The van der Waals surface area contributed by atoms with Crippen molar-refractivity contribution in [2.45, 2.75) is 97.4 Å². The molecule has 0 aromatic carbocycles. The van der Waals surface area contributed by atoms with E-state index in [0.717, 1.165) is 32.4 Å². The van der Waals surface area contributed by atoms with Crippen molar-refractivity contribution < 1.29 is 9.59 Å².